The molecule has 1 amide bonds. The summed E-state index contributed by atoms with van der Waals surface area (Å²) in [7, 11) is 0. The van der Waals surface area contributed by atoms with E-state index in [2.05, 4.69) is 10.2 Å². The zero-order chi connectivity index (χ0) is 33.4. The topological polar surface area (TPSA) is 81.2 Å². The number of nitrogens with zero attached hydrogens (tertiary/aromatic N) is 7. The molecule has 0 saturated heterocycles. The van der Waals surface area contributed by atoms with Gasteiger partial charge in [-0.15, -0.1) is 10.2 Å². The first kappa shape index (κ1) is 29.4. The lowest BCUT2D eigenvalue weighted by molar-refractivity contribution is -0.113. The Morgan fingerprint density at radius 3 is 1.88 bits per heavy atom. The summed E-state index contributed by atoms with van der Waals surface area (Å²) < 4.78 is 3.64. The van der Waals surface area contributed by atoms with Crippen molar-refractivity contribution in [2.24, 2.45) is 0 Å². The minimum absolute atomic E-state index is 0.125. The zero-order valence-electron chi connectivity index (χ0n) is 26.5. The van der Waals surface area contributed by atoms with Gasteiger partial charge in [0, 0.05) is 39.7 Å². The number of para-hydroxylation sites is 1. The number of carbonyl (C=O) groups excluding carboxylic acids is 1. The monoisotopic (exact) mass is 665 g/mol. The van der Waals surface area contributed by atoms with Crippen molar-refractivity contribution < 1.29 is 4.79 Å². The summed E-state index contributed by atoms with van der Waals surface area (Å²) in [6.07, 6.45) is 5.88. The SMILES string of the molecule is O=C1/C(=C/c2cn(-c3ccccc3)nc2-c2ccccc2)C=C(c2ccccc2)N1c1ccc(-c2nnc3sc(-c4ccccc4)nn23)cc1. The molecule has 0 radical (unpaired) electrons. The maximum Gasteiger partial charge on any atom is 0.262 e. The maximum absolute atomic E-state index is 14.4. The molecule has 0 aliphatic carbocycles. The lowest BCUT2D eigenvalue weighted by Gasteiger charge is -2.21. The molecule has 0 N–H and O–H groups in total. The van der Waals surface area contributed by atoms with Gasteiger partial charge in [-0.25, -0.2) is 4.68 Å². The highest BCUT2D eigenvalue weighted by Gasteiger charge is 2.31. The molecule has 3 aromatic heterocycles. The summed E-state index contributed by atoms with van der Waals surface area (Å²) in [5.74, 6) is 0.515. The van der Waals surface area contributed by atoms with Crippen molar-refractivity contribution in [3.63, 3.8) is 0 Å². The minimum Gasteiger partial charge on any atom is -0.276 e. The molecular formula is C41H27N7OS. The molecule has 1 aliphatic rings. The molecule has 0 atom stereocenters. The van der Waals surface area contributed by atoms with Gasteiger partial charge in [-0.3, -0.25) is 9.69 Å². The van der Waals surface area contributed by atoms with Crippen molar-refractivity contribution in [1.29, 1.82) is 0 Å². The molecular weight excluding hydrogens is 639 g/mol. The van der Waals surface area contributed by atoms with Crippen LogP contribution in [0, 0.1) is 0 Å². The predicted octanol–water partition coefficient (Wildman–Crippen LogP) is 8.84. The zero-order valence-corrected chi connectivity index (χ0v) is 27.4. The summed E-state index contributed by atoms with van der Waals surface area (Å²) in [6.45, 7) is 0. The van der Waals surface area contributed by atoms with Crippen LogP contribution in [-0.4, -0.2) is 35.5 Å². The van der Waals surface area contributed by atoms with Crippen LogP contribution in [0.25, 0.3) is 55.6 Å². The second-order valence-electron chi connectivity index (χ2n) is 11.8. The molecule has 0 spiro atoms. The second kappa shape index (κ2) is 12.4. The summed E-state index contributed by atoms with van der Waals surface area (Å²) in [5.41, 5.74) is 8.46. The van der Waals surface area contributed by atoms with Gasteiger partial charge in [0.05, 0.1) is 17.1 Å². The molecule has 8 aromatic rings. The Morgan fingerprint density at radius 2 is 1.20 bits per heavy atom. The van der Waals surface area contributed by atoms with Crippen LogP contribution >= 0.6 is 11.3 Å². The largest absolute Gasteiger partial charge is 0.276 e. The lowest BCUT2D eigenvalue weighted by atomic mass is 10.1. The Morgan fingerprint density at radius 1 is 0.580 bits per heavy atom. The van der Waals surface area contributed by atoms with Crippen molar-refractivity contribution >= 4 is 39.7 Å². The van der Waals surface area contributed by atoms with Crippen LogP contribution in [0.4, 0.5) is 5.69 Å². The molecule has 0 unspecified atom stereocenters. The number of carbonyl (C=O) groups is 1. The van der Waals surface area contributed by atoms with Gasteiger partial charge in [0.2, 0.25) is 4.96 Å². The van der Waals surface area contributed by atoms with Crippen LogP contribution in [0.15, 0.2) is 163 Å². The van der Waals surface area contributed by atoms with E-state index >= 15 is 0 Å². The van der Waals surface area contributed by atoms with E-state index in [1.54, 1.807) is 9.42 Å². The van der Waals surface area contributed by atoms with Gasteiger partial charge in [-0.2, -0.15) is 14.7 Å². The normalized spacial score (nSPS) is 13.8. The summed E-state index contributed by atoms with van der Waals surface area (Å²) in [5, 5.41) is 19.5. The summed E-state index contributed by atoms with van der Waals surface area (Å²) in [4.78, 5) is 16.9. The third-order valence-electron chi connectivity index (χ3n) is 8.57. The van der Waals surface area contributed by atoms with E-state index in [-0.39, 0.29) is 5.91 Å². The molecule has 0 saturated carbocycles. The Bertz CT molecular complexity index is 2530. The van der Waals surface area contributed by atoms with Crippen LogP contribution in [0.5, 0.6) is 0 Å². The standard InChI is InChI=1S/C41H27N7OS/c49-40-32(25-33-27-46(34-19-11-4-12-20-34)44-37(33)29-15-7-2-8-16-29)26-36(28-13-5-1-6-14-28)47(40)35-23-21-30(22-24-35)38-42-43-41-48(38)45-39(50-41)31-17-9-3-10-18-31/h1-27H/b32-25+. The van der Waals surface area contributed by atoms with E-state index < -0.39 is 0 Å². The molecule has 1 aliphatic heterocycles. The van der Waals surface area contributed by atoms with Crippen molar-refractivity contribution in [1.82, 2.24) is 29.6 Å². The highest BCUT2D eigenvalue weighted by atomic mass is 32.1. The van der Waals surface area contributed by atoms with E-state index in [9.17, 15) is 4.79 Å². The van der Waals surface area contributed by atoms with Gasteiger partial charge in [-0.1, -0.05) is 121 Å². The van der Waals surface area contributed by atoms with Crippen molar-refractivity contribution in [2.75, 3.05) is 4.90 Å². The summed E-state index contributed by atoms with van der Waals surface area (Å²) >= 11 is 1.49. The third-order valence-corrected chi connectivity index (χ3v) is 9.52. The first-order chi connectivity index (χ1) is 24.7. The molecule has 4 heterocycles. The van der Waals surface area contributed by atoms with E-state index in [4.69, 9.17) is 10.2 Å². The van der Waals surface area contributed by atoms with Gasteiger partial charge < -0.3 is 0 Å². The highest BCUT2D eigenvalue weighted by molar-refractivity contribution is 7.19. The second-order valence-corrected chi connectivity index (χ2v) is 12.7. The number of hydrogen-bond acceptors (Lipinski definition) is 6. The fraction of sp³-hybridized carbons (Fsp3) is 0. The molecule has 9 rings (SSSR count). The lowest BCUT2D eigenvalue weighted by Crippen LogP contribution is -2.24. The van der Waals surface area contributed by atoms with Gasteiger partial charge in [-0.05, 0) is 54.1 Å². The Labute approximate surface area is 291 Å². The number of rotatable bonds is 7. The molecule has 50 heavy (non-hydrogen) atoms. The van der Waals surface area contributed by atoms with Gasteiger partial charge in [0.25, 0.3) is 5.91 Å². The average molecular weight is 666 g/mol. The van der Waals surface area contributed by atoms with Crippen LogP contribution in [-0.2, 0) is 4.79 Å². The van der Waals surface area contributed by atoms with Crippen LogP contribution in [0.1, 0.15) is 11.1 Å². The minimum atomic E-state index is -0.125. The Kier molecular flexibility index (Phi) is 7.29. The van der Waals surface area contributed by atoms with E-state index in [0.29, 0.717) is 16.4 Å². The first-order valence-electron chi connectivity index (χ1n) is 16.1. The Balaban J connectivity index is 1.10. The van der Waals surface area contributed by atoms with Crippen LogP contribution < -0.4 is 4.90 Å². The van der Waals surface area contributed by atoms with Crippen molar-refractivity contribution in [3.8, 4) is 38.9 Å². The van der Waals surface area contributed by atoms with Crippen LogP contribution in [0.2, 0.25) is 0 Å². The number of hydrogen-bond donors (Lipinski definition) is 0. The highest BCUT2D eigenvalue weighted by Crippen LogP contribution is 2.37. The molecule has 238 valence electrons. The fourth-order valence-corrected chi connectivity index (χ4v) is 6.99. The first-order valence-corrected chi connectivity index (χ1v) is 16.9. The van der Waals surface area contributed by atoms with E-state index in [0.717, 1.165) is 55.6 Å². The Hall–Kier alpha value is -6.71. The molecule has 5 aromatic carbocycles. The number of benzene rings is 5. The van der Waals surface area contributed by atoms with Gasteiger partial charge in [0.1, 0.15) is 5.01 Å². The van der Waals surface area contributed by atoms with E-state index in [1.165, 1.54) is 11.3 Å². The van der Waals surface area contributed by atoms with Crippen molar-refractivity contribution in [3.05, 3.63) is 175 Å². The summed E-state index contributed by atoms with van der Waals surface area (Å²) in [6, 6.07) is 47.9. The third kappa shape index (κ3) is 5.32. The molecule has 0 fully saturated rings. The van der Waals surface area contributed by atoms with Crippen molar-refractivity contribution in [2.45, 2.75) is 0 Å². The smallest absolute Gasteiger partial charge is 0.262 e. The predicted molar refractivity (Wildman–Crippen MR) is 198 cm³/mol. The molecule has 9 heteroatoms. The fourth-order valence-electron chi connectivity index (χ4n) is 6.14. The molecule has 8 nitrogen and oxygen atoms in total. The number of fused-ring (bicyclic) bond motifs is 1. The van der Waals surface area contributed by atoms with Gasteiger partial charge in [0.15, 0.2) is 5.82 Å². The van der Waals surface area contributed by atoms with Crippen LogP contribution in [0.3, 0.4) is 0 Å². The molecule has 0 bridgehead atoms. The quantitative estimate of drug-likeness (QED) is 0.159. The number of aromatic nitrogens is 6. The van der Waals surface area contributed by atoms with Gasteiger partial charge >= 0.3 is 0 Å². The van der Waals surface area contributed by atoms with E-state index in [1.807, 2.05) is 169 Å². The average Bonchev–Trinajstić information content (AvgIpc) is 3.97. The number of anilines is 1. The maximum atomic E-state index is 14.4. The number of amides is 1.